The van der Waals surface area contributed by atoms with E-state index in [1.165, 1.54) is 50.3 Å². The van der Waals surface area contributed by atoms with Gasteiger partial charge < -0.3 is 10.2 Å². The maximum absolute atomic E-state index is 5.20. The molecule has 62 heavy (non-hydrogen) atoms. The van der Waals surface area contributed by atoms with E-state index in [9.17, 15) is 0 Å². The number of benzene rings is 8. The van der Waals surface area contributed by atoms with Crippen LogP contribution < -0.4 is 10.2 Å². The van der Waals surface area contributed by atoms with Gasteiger partial charge in [-0.15, -0.1) is 0 Å². The Labute approximate surface area is 361 Å². The van der Waals surface area contributed by atoms with E-state index in [4.69, 9.17) is 9.98 Å². The number of fused-ring (bicyclic) bond motifs is 9. The predicted octanol–water partition coefficient (Wildman–Crippen LogP) is 13.7. The standard InChI is InChI=1S/C58H40N4/c1-4-16-40(17-5-1)52-38-53(41-18-6-2-7-19-41)61-57(60-52)42-31-29-39(30-32-42)43-20-14-21-44(36-43)45-33-34-47-51(37-45)58(50-26-15-35-59-56(47)50)48-24-10-12-27-54(48)62(46-22-8-3-9-23-46)55-28-13-11-25-49(55)58/h1-38,52H,(H,60,61). The molecule has 1 aliphatic carbocycles. The number of nitrogens with zero attached hydrogens (tertiary/aromatic N) is 3. The SMILES string of the molecule is C1=C(c2ccccc2)NC(c2ccc(-c3cccc(-c4ccc5c(c4)C4(c6ccccc6N(c6ccccc6)c6ccccc64)c4cccnc4-5)c3)cc2)=NC1c1ccccc1. The Morgan fingerprint density at radius 3 is 1.73 bits per heavy atom. The summed E-state index contributed by atoms with van der Waals surface area (Å²) in [6.45, 7) is 0. The minimum atomic E-state index is -0.564. The van der Waals surface area contributed by atoms with Crippen LogP contribution in [0.1, 0.15) is 45.0 Å². The molecule has 3 heterocycles. The maximum atomic E-state index is 5.20. The molecule has 2 aliphatic heterocycles. The Morgan fingerprint density at radius 2 is 1.00 bits per heavy atom. The molecule has 3 aliphatic rings. The van der Waals surface area contributed by atoms with Gasteiger partial charge in [-0.3, -0.25) is 9.98 Å². The first-order chi connectivity index (χ1) is 30.7. The van der Waals surface area contributed by atoms with Gasteiger partial charge in [-0.2, -0.15) is 0 Å². The Kier molecular flexibility index (Phi) is 8.42. The van der Waals surface area contributed by atoms with Gasteiger partial charge in [0, 0.05) is 28.7 Å². The molecule has 4 heteroatoms. The fourth-order valence-corrected chi connectivity index (χ4v) is 9.98. The number of hydrogen-bond donors (Lipinski definition) is 1. The summed E-state index contributed by atoms with van der Waals surface area (Å²) in [4.78, 5) is 12.7. The number of anilines is 3. The van der Waals surface area contributed by atoms with Crippen LogP contribution in [0.25, 0.3) is 39.2 Å². The smallest absolute Gasteiger partial charge is 0.133 e. The second-order valence-electron chi connectivity index (χ2n) is 16.2. The van der Waals surface area contributed by atoms with E-state index in [0.717, 1.165) is 50.7 Å². The van der Waals surface area contributed by atoms with E-state index in [-0.39, 0.29) is 6.04 Å². The zero-order chi connectivity index (χ0) is 41.0. The molecule has 1 unspecified atom stereocenters. The predicted molar refractivity (Wildman–Crippen MR) is 254 cm³/mol. The Bertz CT molecular complexity index is 3160. The molecule has 0 saturated carbocycles. The van der Waals surface area contributed by atoms with Gasteiger partial charge in [-0.1, -0.05) is 176 Å². The summed E-state index contributed by atoms with van der Waals surface area (Å²) < 4.78 is 0. The monoisotopic (exact) mass is 792 g/mol. The van der Waals surface area contributed by atoms with E-state index in [1.807, 2.05) is 6.20 Å². The third-order valence-electron chi connectivity index (χ3n) is 12.8. The van der Waals surface area contributed by atoms with Crippen molar-refractivity contribution in [1.82, 2.24) is 10.3 Å². The number of amidine groups is 1. The third-order valence-corrected chi connectivity index (χ3v) is 12.8. The third kappa shape index (κ3) is 5.68. The first-order valence-corrected chi connectivity index (χ1v) is 21.3. The van der Waals surface area contributed by atoms with E-state index in [0.29, 0.717) is 0 Å². The highest BCUT2D eigenvalue weighted by Gasteiger charge is 2.52. The van der Waals surface area contributed by atoms with Crippen LogP contribution in [0.5, 0.6) is 0 Å². The van der Waals surface area contributed by atoms with Crippen LogP contribution in [0, 0.1) is 0 Å². The molecule has 9 aromatic rings. The first-order valence-electron chi connectivity index (χ1n) is 21.3. The van der Waals surface area contributed by atoms with Gasteiger partial charge >= 0.3 is 0 Å². The molecular formula is C58H40N4. The van der Waals surface area contributed by atoms with Gasteiger partial charge in [0.15, 0.2) is 0 Å². The van der Waals surface area contributed by atoms with E-state index in [2.05, 4.69) is 235 Å². The lowest BCUT2D eigenvalue weighted by Gasteiger charge is -2.45. The van der Waals surface area contributed by atoms with Crippen molar-refractivity contribution in [2.24, 2.45) is 4.99 Å². The highest BCUT2D eigenvalue weighted by atomic mass is 15.2. The molecule has 292 valence electrons. The number of rotatable bonds is 6. The molecule has 0 radical (unpaired) electrons. The average Bonchev–Trinajstić information content (AvgIpc) is 3.65. The average molecular weight is 793 g/mol. The van der Waals surface area contributed by atoms with Gasteiger partial charge in [-0.05, 0) is 104 Å². The molecule has 1 atom stereocenters. The minimum absolute atomic E-state index is 0.0904. The largest absolute Gasteiger partial charge is 0.340 e. The topological polar surface area (TPSA) is 40.5 Å². The van der Waals surface area contributed by atoms with Crippen molar-refractivity contribution in [3.8, 4) is 33.5 Å². The lowest BCUT2D eigenvalue weighted by Crippen LogP contribution is -2.36. The van der Waals surface area contributed by atoms with Crippen molar-refractivity contribution in [2.75, 3.05) is 4.90 Å². The van der Waals surface area contributed by atoms with Crippen LogP contribution in [0.2, 0.25) is 0 Å². The Morgan fingerprint density at radius 1 is 0.435 bits per heavy atom. The van der Waals surface area contributed by atoms with Crippen LogP contribution in [0.3, 0.4) is 0 Å². The molecule has 8 aromatic carbocycles. The van der Waals surface area contributed by atoms with Crippen LogP contribution in [-0.2, 0) is 5.41 Å². The zero-order valence-corrected chi connectivity index (χ0v) is 33.9. The summed E-state index contributed by atoms with van der Waals surface area (Å²) in [5, 5.41) is 3.65. The maximum Gasteiger partial charge on any atom is 0.133 e. The van der Waals surface area contributed by atoms with Crippen LogP contribution >= 0.6 is 0 Å². The molecule has 0 saturated heterocycles. The van der Waals surface area contributed by atoms with Crippen molar-refractivity contribution in [3.05, 3.63) is 270 Å². The highest BCUT2D eigenvalue weighted by molar-refractivity contribution is 6.05. The molecule has 12 rings (SSSR count). The van der Waals surface area contributed by atoms with Gasteiger partial charge in [0.25, 0.3) is 0 Å². The zero-order valence-electron chi connectivity index (χ0n) is 33.9. The number of aromatic nitrogens is 1. The van der Waals surface area contributed by atoms with Gasteiger partial charge in [0.05, 0.1) is 28.5 Å². The summed E-state index contributed by atoms with van der Waals surface area (Å²) >= 11 is 0. The number of nitrogens with one attached hydrogen (secondary N) is 1. The van der Waals surface area contributed by atoms with E-state index < -0.39 is 5.41 Å². The van der Waals surface area contributed by atoms with Gasteiger partial charge in [0.2, 0.25) is 0 Å². The van der Waals surface area contributed by atoms with Crippen molar-refractivity contribution in [1.29, 1.82) is 0 Å². The van der Waals surface area contributed by atoms with E-state index in [1.54, 1.807) is 0 Å². The molecule has 1 spiro atoms. The van der Waals surface area contributed by atoms with Crippen LogP contribution in [0.15, 0.2) is 236 Å². The summed E-state index contributed by atoms with van der Waals surface area (Å²) in [6, 6.07) is 78.6. The van der Waals surface area contributed by atoms with Crippen molar-refractivity contribution < 1.29 is 0 Å². The molecule has 0 bridgehead atoms. The second-order valence-corrected chi connectivity index (χ2v) is 16.2. The van der Waals surface area contributed by atoms with Crippen LogP contribution in [-0.4, -0.2) is 10.8 Å². The lowest BCUT2D eigenvalue weighted by molar-refractivity contribution is 0.751. The minimum Gasteiger partial charge on any atom is -0.340 e. The van der Waals surface area contributed by atoms with E-state index >= 15 is 0 Å². The molecule has 4 nitrogen and oxygen atoms in total. The molecule has 1 N–H and O–H groups in total. The van der Waals surface area contributed by atoms with Crippen molar-refractivity contribution in [3.63, 3.8) is 0 Å². The van der Waals surface area contributed by atoms with Crippen molar-refractivity contribution >= 4 is 28.6 Å². The summed E-state index contributed by atoms with van der Waals surface area (Å²) in [5.41, 5.74) is 19.2. The number of aliphatic imine (C=N–C) groups is 1. The van der Waals surface area contributed by atoms with Gasteiger partial charge in [-0.25, -0.2) is 0 Å². The van der Waals surface area contributed by atoms with Crippen LogP contribution in [0.4, 0.5) is 17.1 Å². The molecule has 0 fully saturated rings. The normalized spacial score (nSPS) is 15.4. The highest BCUT2D eigenvalue weighted by Crippen LogP contribution is 2.63. The number of hydrogen-bond acceptors (Lipinski definition) is 4. The number of para-hydroxylation sites is 3. The quantitative estimate of drug-likeness (QED) is 0.182. The lowest BCUT2D eigenvalue weighted by atomic mass is 9.64. The molecular weight excluding hydrogens is 753 g/mol. The Hall–Kier alpha value is -8.08. The van der Waals surface area contributed by atoms with Gasteiger partial charge in [0.1, 0.15) is 5.84 Å². The Balaban J connectivity index is 0.936. The molecule has 0 amide bonds. The summed E-state index contributed by atoms with van der Waals surface area (Å²) in [6.07, 6.45) is 4.15. The summed E-state index contributed by atoms with van der Waals surface area (Å²) in [5.74, 6) is 0.862. The fraction of sp³-hybridized carbons (Fsp3) is 0.0345. The summed E-state index contributed by atoms with van der Waals surface area (Å²) in [7, 11) is 0. The van der Waals surface area contributed by atoms with Crippen molar-refractivity contribution in [2.45, 2.75) is 11.5 Å². The molecule has 1 aromatic heterocycles. The first kappa shape index (κ1) is 35.8. The second kappa shape index (κ2) is 14.6. The number of pyridine rings is 1. The fourth-order valence-electron chi connectivity index (χ4n) is 9.98.